The van der Waals surface area contributed by atoms with Gasteiger partial charge in [0.2, 0.25) is 0 Å². The average Bonchev–Trinajstić information content (AvgIpc) is 3.29. The van der Waals surface area contributed by atoms with Crippen molar-refractivity contribution in [3.8, 4) is 5.75 Å². The largest absolute Gasteiger partial charge is 0.490 e. The van der Waals surface area contributed by atoms with E-state index in [4.69, 9.17) is 13.9 Å². The molecule has 7 nitrogen and oxygen atoms in total. The monoisotopic (exact) mass is 456 g/mol. The van der Waals surface area contributed by atoms with Crippen LogP contribution in [0.1, 0.15) is 66.0 Å². The third-order valence-corrected chi connectivity index (χ3v) is 6.96. The molecule has 0 spiro atoms. The van der Waals surface area contributed by atoms with Gasteiger partial charge in [0.1, 0.15) is 5.00 Å². The molecule has 0 saturated carbocycles. The number of fused-ring (bicyclic) bond motifs is 2. The number of hydrogen-bond donors (Lipinski definition) is 2. The normalized spacial score (nSPS) is 16.4. The zero-order chi connectivity index (χ0) is 23.3. The highest BCUT2D eigenvalue weighted by Gasteiger charge is 2.42. The predicted molar refractivity (Wildman–Crippen MR) is 125 cm³/mol. The number of hydrogen-bond acceptors (Lipinski definition) is 7. The SMILES string of the molecule is CCOc1cccc2cc(C(=O)Nc3sc4c(c3C(=O)OC)CC(C)(C)NC4(C)C)oc12. The maximum absolute atomic E-state index is 13.1. The topological polar surface area (TPSA) is 89.8 Å². The third-order valence-electron chi connectivity index (χ3n) is 5.49. The van der Waals surface area contributed by atoms with Crippen molar-refractivity contribution in [3.63, 3.8) is 0 Å². The van der Waals surface area contributed by atoms with Crippen molar-refractivity contribution in [1.29, 1.82) is 0 Å². The second-order valence-electron chi connectivity index (χ2n) is 9.09. The fourth-order valence-electron chi connectivity index (χ4n) is 4.52. The maximum atomic E-state index is 13.1. The van der Waals surface area contributed by atoms with Crippen LogP contribution in [-0.4, -0.2) is 31.1 Å². The Balaban J connectivity index is 1.74. The molecule has 8 heteroatoms. The molecule has 0 radical (unpaired) electrons. The van der Waals surface area contributed by atoms with Gasteiger partial charge in [-0.05, 0) is 58.7 Å². The van der Waals surface area contributed by atoms with E-state index in [-0.39, 0.29) is 16.8 Å². The van der Waals surface area contributed by atoms with Gasteiger partial charge in [0, 0.05) is 21.3 Å². The van der Waals surface area contributed by atoms with Crippen molar-refractivity contribution in [2.45, 2.75) is 52.1 Å². The van der Waals surface area contributed by atoms with Gasteiger partial charge in [-0.1, -0.05) is 12.1 Å². The number of ether oxygens (including phenoxy) is 2. The van der Waals surface area contributed by atoms with Crippen LogP contribution in [-0.2, 0) is 16.7 Å². The first-order valence-corrected chi connectivity index (χ1v) is 11.4. The lowest BCUT2D eigenvalue weighted by Crippen LogP contribution is -2.55. The Morgan fingerprint density at radius 1 is 1.25 bits per heavy atom. The number of para-hydroxylation sites is 1. The smallest absolute Gasteiger partial charge is 0.341 e. The molecular weight excluding hydrogens is 428 g/mol. The molecule has 3 heterocycles. The lowest BCUT2D eigenvalue weighted by molar-refractivity contribution is 0.0600. The Kier molecular flexibility index (Phi) is 5.55. The fraction of sp³-hybridized carbons (Fsp3) is 0.417. The number of rotatable bonds is 5. The minimum Gasteiger partial charge on any atom is -0.490 e. The molecule has 0 unspecified atom stereocenters. The number of nitrogens with one attached hydrogen (secondary N) is 2. The van der Waals surface area contributed by atoms with E-state index in [1.54, 1.807) is 12.1 Å². The van der Waals surface area contributed by atoms with Gasteiger partial charge in [0.25, 0.3) is 5.91 Å². The van der Waals surface area contributed by atoms with Crippen LogP contribution in [0.3, 0.4) is 0 Å². The summed E-state index contributed by atoms with van der Waals surface area (Å²) in [6.07, 6.45) is 0.644. The van der Waals surface area contributed by atoms with Crippen LogP contribution in [0.5, 0.6) is 5.75 Å². The summed E-state index contributed by atoms with van der Waals surface area (Å²) in [5.74, 6) is -0.167. The highest BCUT2D eigenvalue weighted by molar-refractivity contribution is 7.17. The molecule has 1 aliphatic rings. The van der Waals surface area contributed by atoms with Crippen LogP contribution >= 0.6 is 11.3 Å². The Morgan fingerprint density at radius 2 is 2.00 bits per heavy atom. The standard InChI is InChI=1S/C24H28N2O5S/c1-7-30-15-10-8-9-13-11-16(31-18(13)15)20(27)25-21-17(22(28)29-6)14-12-23(2,3)26-24(4,5)19(14)32-21/h8-11,26H,7,12H2,1-6H3,(H,25,27). The molecule has 0 bridgehead atoms. The summed E-state index contributed by atoms with van der Waals surface area (Å²) in [5.41, 5.74) is 1.27. The number of furan rings is 1. The van der Waals surface area contributed by atoms with Crippen molar-refractivity contribution in [3.05, 3.63) is 46.0 Å². The Labute approximate surface area is 191 Å². The molecule has 2 aromatic heterocycles. The molecule has 1 aliphatic heterocycles. The van der Waals surface area contributed by atoms with Gasteiger partial charge >= 0.3 is 5.97 Å². The van der Waals surface area contributed by atoms with Crippen LogP contribution in [0.2, 0.25) is 0 Å². The van der Waals surface area contributed by atoms with Gasteiger partial charge in [-0.25, -0.2) is 4.79 Å². The summed E-state index contributed by atoms with van der Waals surface area (Å²) in [6.45, 7) is 10.7. The molecule has 3 aromatic rings. The number of carbonyl (C=O) groups excluding carboxylic acids is 2. The van der Waals surface area contributed by atoms with Gasteiger partial charge in [0.15, 0.2) is 17.1 Å². The van der Waals surface area contributed by atoms with Crippen LogP contribution in [0, 0.1) is 0 Å². The van der Waals surface area contributed by atoms with E-state index >= 15 is 0 Å². The molecular formula is C24H28N2O5S. The minimum atomic E-state index is -0.463. The number of anilines is 1. The van der Waals surface area contributed by atoms with E-state index in [1.807, 2.05) is 19.1 Å². The summed E-state index contributed by atoms with van der Waals surface area (Å²) in [4.78, 5) is 26.9. The van der Waals surface area contributed by atoms with Gasteiger partial charge in [0.05, 0.1) is 19.3 Å². The summed E-state index contributed by atoms with van der Waals surface area (Å²) in [5, 5.41) is 7.75. The zero-order valence-corrected chi connectivity index (χ0v) is 20.0. The number of esters is 1. The minimum absolute atomic E-state index is 0.145. The molecule has 1 aromatic carbocycles. The highest BCUT2D eigenvalue weighted by atomic mass is 32.1. The number of amides is 1. The van der Waals surface area contributed by atoms with E-state index in [0.717, 1.165) is 15.8 Å². The van der Waals surface area contributed by atoms with Crippen LogP contribution in [0.4, 0.5) is 5.00 Å². The lowest BCUT2D eigenvalue weighted by Gasteiger charge is -2.42. The van der Waals surface area contributed by atoms with E-state index < -0.39 is 11.9 Å². The van der Waals surface area contributed by atoms with Crippen LogP contribution in [0.15, 0.2) is 28.7 Å². The van der Waals surface area contributed by atoms with Crippen molar-refractivity contribution < 1.29 is 23.5 Å². The van der Waals surface area contributed by atoms with Gasteiger partial charge in [-0.2, -0.15) is 0 Å². The molecule has 0 atom stereocenters. The van der Waals surface area contributed by atoms with Gasteiger partial charge in [-0.15, -0.1) is 11.3 Å². The quantitative estimate of drug-likeness (QED) is 0.520. The number of thiophene rings is 1. The van der Waals surface area contributed by atoms with Crippen LogP contribution < -0.4 is 15.4 Å². The van der Waals surface area contributed by atoms with Gasteiger partial charge < -0.3 is 24.5 Å². The van der Waals surface area contributed by atoms with E-state index in [2.05, 4.69) is 38.3 Å². The van der Waals surface area contributed by atoms with Crippen molar-refractivity contribution >= 4 is 39.2 Å². The van der Waals surface area contributed by atoms with E-state index in [9.17, 15) is 9.59 Å². The molecule has 0 saturated heterocycles. The number of carbonyl (C=O) groups is 2. The number of methoxy groups -OCH3 is 1. The van der Waals surface area contributed by atoms with Gasteiger partial charge in [-0.3, -0.25) is 4.79 Å². The lowest BCUT2D eigenvalue weighted by atomic mass is 9.81. The van der Waals surface area contributed by atoms with Crippen molar-refractivity contribution in [1.82, 2.24) is 5.32 Å². The summed E-state index contributed by atoms with van der Waals surface area (Å²) in [6, 6.07) is 7.19. The van der Waals surface area contributed by atoms with Crippen molar-refractivity contribution in [2.75, 3.05) is 19.0 Å². The molecule has 170 valence electrons. The molecule has 1 amide bonds. The first kappa shape index (κ1) is 22.4. The Morgan fingerprint density at radius 3 is 2.69 bits per heavy atom. The average molecular weight is 457 g/mol. The summed E-state index contributed by atoms with van der Waals surface area (Å²) in [7, 11) is 1.35. The maximum Gasteiger partial charge on any atom is 0.341 e. The third kappa shape index (κ3) is 3.89. The summed E-state index contributed by atoms with van der Waals surface area (Å²) >= 11 is 1.39. The molecule has 4 rings (SSSR count). The first-order valence-electron chi connectivity index (χ1n) is 10.6. The molecule has 0 aliphatic carbocycles. The predicted octanol–water partition coefficient (Wildman–Crippen LogP) is 5.09. The molecule has 2 N–H and O–H groups in total. The second-order valence-corrected chi connectivity index (χ2v) is 10.1. The van der Waals surface area contributed by atoms with E-state index in [1.165, 1.54) is 18.4 Å². The second kappa shape index (κ2) is 7.94. The highest BCUT2D eigenvalue weighted by Crippen LogP contribution is 2.45. The Hall–Kier alpha value is -2.84. The Bertz CT molecular complexity index is 1200. The molecule has 32 heavy (non-hydrogen) atoms. The molecule has 0 fully saturated rings. The zero-order valence-electron chi connectivity index (χ0n) is 19.2. The van der Waals surface area contributed by atoms with E-state index in [0.29, 0.717) is 34.9 Å². The van der Waals surface area contributed by atoms with Crippen molar-refractivity contribution in [2.24, 2.45) is 0 Å². The first-order chi connectivity index (χ1) is 15.1. The summed E-state index contributed by atoms with van der Waals surface area (Å²) < 4.78 is 16.5. The fourth-order valence-corrected chi connectivity index (χ4v) is 5.78. The number of benzene rings is 1. The van der Waals surface area contributed by atoms with Crippen LogP contribution in [0.25, 0.3) is 11.0 Å².